The van der Waals surface area contributed by atoms with Crippen LogP contribution in [0, 0.1) is 0 Å². The van der Waals surface area contributed by atoms with Crippen LogP contribution in [0.2, 0.25) is 0 Å². The summed E-state index contributed by atoms with van der Waals surface area (Å²) in [6, 6.07) is 10.4. The SMILES string of the molecule is CCOc1ccc2nc(N3CCN(C(=O)c4cc(S(C)(=O)=O)ccc4OC(C)C)CC3)sc2c1. The van der Waals surface area contributed by atoms with Gasteiger partial charge in [-0.1, -0.05) is 11.3 Å². The van der Waals surface area contributed by atoms with Crippen molar-refractivity contribution in [3.8, 4) is 11.5 Å². The van der Waals surface area contributed by atoms with Crippen LogP contribution in [0.15, 0.2) is 41.3 Å². The van der Waals surface area contributed by atoms with Crippen LogP contribution in [0.5, 0.6) is 11.5 Å². The molecule has 0 unspecified atom stereocenters. The Labute approximate surface area is 204 Å². The van der Waals surface area contributed by atoms with E-state index in [4.69, 9.17) is 14.5 Å². The highest BCUT2D eigenvalue weighted by Gasteiger charge is 2.27. The molecular formula is C24H29N3O5S2. The summed E-state index contributed by atoms with van der Waals surface area (Å²) in [6.45, 7) is 8.58. The third-order valence-electron chi connectivity index (χ3n) is 5.47. The van der Waals surface area contributed by atoms with Crippen molar-refractivity contribution in [1.29, 1.82) is 0 Å². The molecule has 10 heteroatoms. The first kappa shape index (κ1) is 24.3. The molecule has 3 aromatic rings. The number of ether oxygens (including phenoxy) is 2. The van der Waals surface area contributed by atoms with E-state index < -0.39 is 9.84 Å². The molecule has 1 aromatic heterocycles. The highest BCUT2D eigenvalue weighted by atomic mass is 32.2. The van der Waals surface area contributed by atoms with Crippen LogP contribution in [0.25, 0.3) is 10.2 Å². The van der Waals surface area contributed by atoms with Gasteiger partial charge in [0, 0.05) is 32.4 Å². The Bertz CT molecular complexity index is 1300. The van der Waals surface area contributed by atoms with Gasteiger partial charge in [-0.15, -0.1) is 0 Å². The third kappa shape index (κ3) is 5.28. The summed E-state index contributed by atoms with van der Waals surface area (Å²) in [5, 5.41) is 0.915. The number of hydrogen-bond donors (Lipinski definition) is 0. The second-order valence-corrected chi connectivity index (χ2v) is 11.5. The standard InChI is InChI=1S/C24H29N3O5S2/c1-5-31-17-6-8-20-22(14-17)33-24(25-20)27-12-10-26(11-13-27)23(28)19-15-18(34(4,29)30)7-9-21(19)32-16(2)3/h6-9,14-16H,5,10-13H2,1-4H3. The summed E-state index contributed by atoms with van der Waals surface area (Å²) in [4.78, 5) is 22.1. The number of sulfone groups is 1. The minimum absolute atomic E-state index is 0.103. The fraction of sp³-hybridized carbons (Fsp3) is 0.417. The van der Waals surface area contributed by atoms with Crippen LogP contribution in [0.1, 0.15) is 31.1 Å². The number of nitrogens with zero attached hydrogens (tertiary/aromatic N) is 3. The zero-order chi connectivity index (χ0) is 24.5. The molecule has 0 bridgehead atoms. The van der Waals surface area contributed by atoms with Gasteiger partial charge in [-0.25, -0.2) is 13.4 Å². The van der Waals surface area contributed by atoms with Crippen LogP contribution < -0.4 is 14.4 Å². The summed E-state index contributed by atoms with van der Waals surface area (Å²) in [6.07, 6.45) is 0.989. The van der Waals surface area contributed by atoms with Gasteiger partial charge in [0.15, 0.2) is 15.0 Å². The molecule has 1 amide bonds. The smallest absolute Gasteiger partial charge is 0.257 e. The highest BCUT2D eigenvalue weighted by molar-refractivity contribution is 7.90. The molecule has 0 N–H and O–H groups in total. The minimum atomic E-state index is -3.45. The highest BCUT2D eigenvalue weighted by Crippen LogP contribution is 2.32. The second-order valence-electron chi connectivity index (χ2n) is 8.43. The number of carbonyl (C=O) groups excluding carboxylic acids is 1. The number of rotatable bonds is 7. The maximum Gasteiger partial charge on any atom is 0.257 e. The van der Waals surface area contributed by atoms with E-state index in [0.717, 1.165) is 27.4 Å². The molecular weight excluding hydrogens is 474 g/mol. The maximum atomic E-state index is 13.4. The molecule has 0 spiro atoms. The number of fused-ring (bicyclic) bond motifs is 1. The van der Waals surface area contributed by atoms with Crippen LogP contribution in [0.4, 0.5) is 5.13 Å². The lowest BCUT2D eigenvalue weighted by Gasteiger charge is -2.35. The molecule has 34 heavy (non-hydrogen) atoms. The van der Waals surface area contributed by atoms with E-state index in [-0.39, 0.29) is 22.5 Å². The molecule has 1 saturated heterocycles. The Balaban J connectivity index is 1.51. The Morgan fingerprint density at radius 3 is 2.50 bits per heavy atom. The van der Waals surface area contributed by atoms with Gasteiger partial charge in [0.05, 0.1) is 33.4 Å². The molecule has 182 valence electrons. The number of anilines is 1. The molecule has 0 radical (unpaired) electrons. The second kappa shape index (κ2) is 9.79. The van der Waals surface area contributed by atoms with Gasteiger partial charge in [0.2, 0.25) is 0 Å². The van der Waals surface area contributed by atoms with Gasteiger partial charge in [-0.05, 0) is 57.2 Å². The summed E-state index contributed by atoms with van der Waals surface area (Å²) in [7, 11) is -3.45. The molecule has 2 heterocycles. The normalized spacial score (nSPS) is 14.6. The van der Waals surface area contributed by atoms with Gasteiger partial charge >= 0.3 is 0 Å². The molecule has 0 atom stereocenters. The molecule has 2 aromatic carbocycles. The Morgan fingerprint density at radius 2 is 1.85 bits per heavy atom. The van der Waals surface area contributed by atoms with Crippen molar-refractivity contribution in [2.75, 3.05) is 43.9 Å². The van der Waals surface area contributed by atoms with Gasteiger partial charge < -0.3 is 19.3 Å². The van der Waals surface area contributed by atoms with Crippen molar-refractivity contribution in [2.45, 2.75) is 31.8 Å². The lowest BCUT2D eigenvalue weighted by molar-refractivity contribution is 0.0740. The van der Waals surface area contributed by atoms with E-state index in [9.17, 15) is 13.2 Å². The van der Waals surface area contributed by atoms with Crippen molar-refractivity contribution >= 4 is 42.4 Å². The first-order valence-corrected chi connectivity index (χ1v) is 13.9. The van der Waals surface area contributed by atoms with E-state index in [1.54, 1.807) is 22.3 Å². The average molecular weight is 504 g/mol. The number of carbonyl (C=O) groups is 1. The molecule has 1 aliphatic heterocycles. The van der Waals surface area contributed by atoms with Crippen molar-refractivity contribution < 1.29 is 22.7 Å². The number of hydrogen-bond acceptors (Lipinski definition) is 8. The zero-order valence-electron chi connectivity index (χ0n) is 19.8. The predicted molar refractivity (Wildman–Crippen MR) is 134 cm³/mol. The topological polar surface area (TPSA) is 89.0 Å². The monoisotopic (exact) mass is 503 g/mol. The Hall–Kier alpha value is -2.85. The Morgan fingerprint density at radius 1 is 1.12 bits per heavy atom. The first-order chi connectivity index (χ1) is 16.2. The van der Waals surface area contributed by atoms with E-state index >= 15 is 0 Å². The maximum absolute atomic E-state index is 13.4. The average Bonchev–Trinajstić information content (AvgIpc) is 3.21. The number of benzene rings is 2. The predicted octanol–water partition coefficient (Wildman–Crippen LogP) is 3.85. The van der Waals surface area contributed by atoms with Gasteiger partial charge in [-0.2, -0.15) is 0 Å². The number of amides is 1. The molecule has 0 aliphatic carbocycles. The molecule has 8 nitrogen and oxygen atoms in total. The number of aromatic nitrogens is 1. The molecule has 1 aliphatic rings. The lowest BCUT2D eigenvalue weighted by Crippen LogP contribution is -2.48. The van der Waals surface area contributed by atoms with E-state index in [2.05, 4.69) is 4.90 Å². The summed E-state index contributed by atoms with van der Waals surface area (Å²) < 4.78 is 36.6. The fourth-order valence-corrected chi connectivity index (χ4v) is 5.51. The molecule has 4 rings (SSSR count). The molecule has 1 fully saturated rings. The minimum Gasteiger partial charge on any atom is -0.494 e. The van der Waals surface area contributed by atoms with Crippen LogP contribution in [0.3, 0.4) is 0 Å². The van der Waals surface area contributed by atoms with Crippen molar-refractivity contribution in [3.05, 3.63) is 42.0 Å². The largest absolute Gasteiger partial charge is 0.494 e. The van der Waals surface area contributed by atoms with E-state index in [1.807, 2.05) is 39.0 Å². The lowest BCUT2D eigenvalue weighted by atomic mass is 10.1. The van der Waals surface area contributed by atoms with Crippen molar-refractivity contribution in [3.63, 3.8) is 0 Å². The van der Waals surface area contributed by atoms with Crippen LogP contribution in [-0.4, -0.2) is 69.4 Å². The van der Waals surface area contributed by atoms with Crippen LogP contribution >= 0.6 is 11.3 Å². The first-order valence-electron chi connectivity index (χ1n) is 11.2. The van der Waals surface area contributed by atoms with E-state index in [1.165, 1.54) is 12.1 Å². The zero-order valence-corrected chi connectivity index (χ0v) is 21.4. The van der Waals surface area contributed by atoms with Gasteiger partial charge in [0.1, 0.15) is 11.5 Å². The summed E-state index contributed by atoms with van der Waals surface area (Å²) in [5.74, 6) is 0.994. The fourth-order valence-electron chi connectivity index (χ4n) is 3.82. The quantitative estimate of drug-likeness (QED) is 0.484. The van der Waals surface area contributed by atoms with Gasteiger partial charge in [-0.3, -0.25) is 4.79 Å². The Kier molecular flexibility index (Phi) is 6.99. The number of piperazine rings is 1. The van der Waals surface area contributed by atoms with Crippen LogP contribution in [-0.2, 0) is 9.84 Å². The number of thiazole rings is 1. The molecule has 0 saturated carbocycles. The third-order valence-corrected chi connectivity index (χ3v) is 7.66. The summed E-state index contributed by atoms with van der Waals surface area (Å²) in [5.41, 5.74) is 1.20. The summed E-state index contributed by atoms with van der Waals surface area (Å²) >= 11 is 1.61. The van der Waals surface area contributed by atoms with E-state index in [0.29, 0.717) is 38.5 Å². The van der Waals surface area contributed by atoms with Crippen molar-refractivity contribution in [1.82, 2.24) is 9.88 Å². The van der Waals surface area contributed by atoms with Crippen molar-refractivity contribution in [2.24, 2.45) is 0 Å². The van der Waals surface area contributed by atoms with Gasteiger partial charge in [0.25, 0.3) is 5.91 Å².